The minimum atomic E-state index is -0.637. The van der Waals surface area contributed by atoms with Gasteiger partial charge in [0.1, 0.15) is 11.5 Å². The maximum absolute atomic E-state index is 13.5. The van der Waals surface area contributed by atoms with E-state index in [0.717, 1.165) is 11.0 Å². The smallest absolute Gasteiger partial charge is 0.267 e. The quantitative estimate of drug-likeness (QED) is 0.474. The van der Waals surface area contributed by atoms with Gasteiger partial charge in [-0.3, -0.25) is 14.6 Å². The Labute approximate surface area is 168 Å². The Kier molecular flexibility index (Phi) is 3.72. The van der Waals surface area contributed by atoms with Crippen LogP contribution in [0.5, 0.6) is 0 Å². The van der Waals surface area contributed by atoms with Gasteiger partial charge in [0.15, 0.2) is 5.65 Å². The van der Waals surface area contributed by atoms with Crippen LogP contribution in [0.2, 0.25) is 5.02 Å². The lowest BCUT2D eigenvalue weighted by Crippen LogP contribution is -2.29. The number of aryl methyl sites for hydroxylation is 1. The van der Waals surface area contributed by atoms with E-state index in [2.05, 4.69) is 15.1 Å². The number of nitrogens with zero attached hydrogens (tertiary/aromatic N) is 5. The van der Waals surface area contributed by atoms with Gasteiger partial charge in [-0.25, -0.2) is 19.0 Å². The molecular weight excluding hydrogens is 397 g/mol. The number of benzene rings is 1. The molecule has 0 atom stereocenters. The lowest BCUT2D eigenvalue weighted by Gasteiger charge is -2.14. The summed E-state index contributed by atoms with van der Waals surface area (Å²) in [6, 6.07) is 7.26. The van der Waals surface area contributed by atoms with Crippen LogP contribution in [0.1, 0.15) is 20.7 Å². The number of amides is 2. The van der Waals surface area contributed by atoms with E-state index < -0.39 is 17.6 Å². The number of imide groups is 1. The first-order valence-corrected chi connectivity index (χ1v) is 8.95. The zero-order chi connectivity index (χ0) is 20.3. The fourth-order valence-electron chi connectivity index (χ4n) is 3.49. The number of carbonyl (C=O) groups is 2. The molecule has 5 rings (SSSR count). The summed E-state index contributed by atoms with van der Waals surface area (Å²) in [7, 11) is 1.71. The summed E-state index contributed by atoms with van der Waals surface area (Å²) in [6.45, 7) is 0. The number of halogens is 2. The third-order valence-electron chi connectivity index (χ3n) is 4.80. The van der Waals surface area contributed by atoms with Crippen LogP contribution in [0.15, 0.2) is 48.9 Å². The number of aromatic nitrogens is 4. The second-order valence-corrected chi connectivity index (χ2v) is 6.91. The highest BCUT2D eigenvalue weighted by atomic mass is 35.5. The minimum Gasteiger partial charge on any atom is -0.268 e. The molecule has 4 heterocycles. The van der Waals surface area contributed by atoms with Crippen molar-refractivity contribution < 1.29 is 14.0 Å². The van der Waals surface area contributed by atoms with Gasteiger partial charge in [-0.2, -0.15) is 5.10 Å². The van der Waals surface area contributed by atoms with Crippen LogP contribution in [-0.4, -0.2) is 31.6 Å². The Morgan fingerprint density at radius 3 is 2.66 bits per heavy atom. The Bertz CT molecular complexity index is 1340. The average molecular weight is 408 g/mol. The van der Waals surface area contributed by atoms with Gasteiger partial charge < -0.3 is 0 Å². The summed E-state index contributed by atoms with van der Waals surface area (Å²) >= 11 is 5.85. The molecule has 1 aliphatic rings. The molecule has 9 heteroatoms. The third-order valence-corrected chi connectivity index (χ3v) is 5.09. The lowest BCUT2D eigenvalue weighted by molar-refractivity contribution is 0.0926. The third kappa shape index (κ3) is 2.46. The van der Waals surface area contributed by atoms with E-state index in [9.17, 15) is 14.0 Å². The van der Waals surface area contributed by atoms with E-state index in [4.69, 9.17) is 11.6 Å². The molecule has 1 aromatic carbocycles. The van der Waals surface area contributed by atoms with Gasteiger partial charge in [0.25, 0.3) is 11.8 Å². The standard InChI is InChI=1S/C20H11ClFN5O2/c1-26-18-16(17(25-26)10-3-2-6-23-8-10)15-12(9-24-18)19(28)27(20(15)29)11-4-5-14(22)13(21)7-11/h2-9H,1H3. The SMILES string of the molecule is Cn1nc(-c2cccnc2)c2c3c(cnc21)C(=O)N(c1ccc(F)c(Cl)c1)C3=O. The normalized spacial score (nSPS) is 13.4. The molecular formula is C20H11ClFN5O2. The van der Waals surface area contributed by atoms with Crippen molar-refractivity contribution in [3.05, 3.63) is 70.9 Å². The molecule has 3 aromatic heterocycles. The van der Waals surface area contributed by atoms with Crippen LogP contribution in [0, 0.1) is 5.82 Å². The predicted molar refractivity (Wildman–Crippen MR) is 104 cm³/mol. The first kappa shape index (κ1) is 17.4. The van der Waals surface area contributed by atoms with Gasteiger partial charge in [-0.05, 0) is 30.3 Å². The van der Waals surface area contributed by atoms with Crippen LogP contribution in [-0.2, 0) is 7.05 Å². The first-order valence-electron chi connectivity index (χ1n) is 8.57. The molecule has 0 saturated heterocycles. The summed E-state index contributed by atoms with van der Waals surface area (Å²) in [5.41, 5.74) is 2.19. The molecule has 0 radical (unpaired) electrons. The van der Waals surface area contributed by atoms with Gasteiger partial charge in [-0.1, -0.05) is 11.6 Å². The molecule has 7 nitrogen and oxygen atoms in total. The van der Waals surface area contributed by atoms with Crippen LogP contribution in [0.3, 0.4) is 0 Å². The fraction of sp³-hybridized carbons (Fsp3) is 0.0500. The van der Waals surface area contributed by atoms with E-state index in [0.29, 0.717) is 22.3 Å². The van der Waals surface area contributed by atoms with Gasteiger partial charge in [0.05, 0.1) is 27.2 Å². The number of carbonyl (C=O) groups excluding carboxylic acids is 2. The number of fused-ring (bicyclic) bond motifs is 3. The lowest BCUT2D eigenvalue weighted by atomic mass is 10.0. The predicted octanol–water partition coefficient (Wildman–Crippen LogP) is 3.62. The molecule has 142 valence electrons. The van der Waals surface area contributed by atoms with Crippen LogP contribution in [0.25, 0.3) is 22.3 Å². The second-order valence-electron chi connectivity index (χ2n) is 6.50. The zero-order valence-corrected chi connectivity index (χ0v) is 15.7. The van der Waals surface area contributed by atoms with Crippen molar-refractivity contribution in [1.82, 2.24) is 19.7 Å². The molecule has 29 heavy (non-hydrogen) atoms. The highest BCUT2D eigenvalue weighted by molar-refractivity contribution is 6.38. The maximum atomic E-state index is 13.5. The summed E-state index contributed by atoms with van der Waals surface area (Å²) in [5.74, 6) is -1.73. The van der Waals surface area contributed by atoms with E-state index in [1.807, 2.05) is 6.07 Å². The molecule has 0 saturated carbocycles. The number of hydrogen-bond acceptors (Lipinski definition) is 5. The van der Waals surface area contributed by atoms with Crippen molar-refractivity contribution in [2.45, 2.75) is 0 Å². The molecule has 4 aromatic rings. The van der Waals surface area contributed by atoms with E-state index >= 15 is 0 Å². The monoisotopic (exact) mass is 407 g/mol. The molecule has 1 aliphatic heterocycles. The van der Waals surface area contributed by atoms with Crippen molar-refractivity contribution in [2.75, 3.05) is 4.90 Å². The van der Waals surface area contributed by atoms with E-state index in [1.54, 1.807) is 30.2 Å². The highest BCUT2D eigenvalue weighted by Gasteiger charge is 2.40. The molecule has 0 unspecified atom stereocenters. The first-order chi connectivity index (χ1) is 14.0. The molecule has 0 aliphatic carbocycles. The summed E-state index contributed by atoms with van der Waals surface area (Å²) < 4.78 is 15.1. The minimum absolute atomic E-state index is 0.154. The molecule has 2 amide bonds. The molecule has 0 spiro atoms. The van der Waals surface area contributed by atoms with Crippen LogP contribution in [0.4, 0.5) is 10.1 Å². The average Bonchev–Trinajstić information content (AvgIpc) is 3.19. The van der Waals surface area contributed by atoms with Crippen molar-refractivity contribution in [3.8, 4) is 11.3 Å². The van der Waals surface area contributed by atoms with E-state index in [1.165, 1.54) is 18.3 Å². The van der Waals surface area contributed by atoms with E-state index in [-0.39, 0.29) is 21.8 Å². The van der Waals surface area contributed by atoms with Crippen molar-refractivity contribution >= 4 is 40.1 Å². The van der Waals surface area contributed by atoms with Crippen LogP contribution < -0.4 is 4.90 Å². The number of anilines is 1. The second kappa shape index (κ2) is 6.18. The van der Waals surface area contributed by atoms with Crippen LogP contribution >= 0.6 is 11.6 Å². The van der Waals surface area contributed by atoms with Crippen molar-refractivity contribution in [3.63, 3.8) is 0 Å². The molecule has 0 bridgehead atoms. The van der Waals surface area contributed by atoms with Gasteiger partial charge in [0.2, 0.25) is 0 Å². The number of hydrogen-bond donors (Lipinski definition) is 0. The number of rotatable bonds is 2. The van der Waals surface area contributed by atoms with Gasteiger partial charge in [0, 0.05) is 31.2 Å². The van der Waals surface area contributed by atoms with Gasteiger partial charge in [-0.15, -0.1) is 0 Å². The Morgan fingerprint density at radius 1 is 1.10 bits per heavy atom. The number of pyridine rings is 2. The fourth-order valence-corrected chi connectivity index (χ4v) is 3.67. The highest BCUT2D eigenvalue weighted by Crippen LogP contribution is 2.37. The zero-order valence-electron chi connectivity index (χ0n) is 14.9. The maximum Gasteiger partial charge on any atom is 0.267 e. The Hall–Kier alpha value is -3.65. The molecule has 0 fully saturated rings. The molecule has 0 N–H and O–H groups in total. The van der Waals surface area contributed by atoms with Crippen molar-refractivity contribution in [2.24, 2.45) is 7.05 Å². The summed E-state index contributed by atoms with van der Waals surface area (Å²) in [6.07, 6.45) is 4.61. The Morgan fingerprint density at radius 2 is 1.93 bits per heavy atom. The largest absolute Gasteiger partial charge is 0.268 e. The summed E-state index contributed by atoms with van der Waals surface area (Å²) in [4.78, 5) is 35.7. The summed E-state index contributed by atoms with van der Waals surface area (Å²) in [5, 5.41) is 4.77. The van der Waals surface area contributed by atoms with Crippen molar-refractivity contribution in [1.29, 1.82) is 0 Å². The topological polar surface area (TPSA) is 81.0 Å². The van der Waals surface area contributed by atoms with Gasteiger partial charge >= 0.3 is 0 Å². The Balaban J connectivity index is 1.76.